The molecule has 0 unspecified atom stereocenters. The molecule has 0 aromatic rings. The Balaban J connectivity index is 1.22. The molecule has 0 amide bonds. The van der Waals surface area contributed by atoms with E-state index in [-0.39, 0.29) is 59.7 Å². The average molecular weight is 961 g/mol. The van der Waals surface area contributed by atoms with Gasteiger partial charge in [0.05, 0.1) is 83.3 Å². The zero-order valence-electron chi connectivity index (χ0n) is 38.0. The number of ether oxygens (including phenoxy) is 10. The quantitative estimate of drug-likeness (QED) is 0.0421. The molecule has 0 aromatic carbocycles. The van der Waals surface area contributed by atoms with Crippen LogP contribution in [-0.4, -0.2) is 191 Å². The summed E-state index contributed by atoms with van der Waals surface area (Å²) >= 11 is 0. The molecule has 4 heterocycles. The third-order valence-electron chi connectivity index (χ3n) is 13.2. The molecule has 1 aliphatic carbocycles. The van der Waals surface area contributed by atoms with Crippen LogP contribution >= 0.6 is 0 Å². The minimum absolute atomic E-state index is 0.0581. The molecule has 67 heavy (non-hydrogen) atoms. The van der Waals surface area contributed by atoms with Crippen molar-refractivity contribution in [3.8, 4) is 0 Å². The summed E-state index contributed by atoms with van der Waals surface area (Å²) in [5, 5.41) is 92.2. The van der Waals surface area contributed by atoms with Gasteiger partial charge in [0.1, 0.15) is 48.8 Å². The maximum atomic E-state index is 13.6. The monoisotopic (exact) mass is 960 g/mol. The van der Waals surface area contributed by atoms with Gasteiger partial charge in [-0.25, -0.2) is 9.59 Å². The van der Waals surface area contributed by atoms with Crippen LogP contribution in [0.2, 0.25) is 0 Å². The average Bonchev–Trinajstić information content (AvgIpc) is 3.61. The Bertz CT molecular complexity index is 1840. The van der Waals surface area contributed by atoms with Crippen molar-refractivity contribution in [2.45, 2.75) is 127 Å². The van der Waals surface area contributed by atoms with Crippen molar-refractivity contribution in [1.82, 2.24) is 0 Å². The Kier molecular flexibility index (Phi) is 19.3. The maximum absolute atomic E-state index is 13.6. The highest BCUT2D eigenvalue weighted by Crippen LogP contribution is 2.43. The van der Waals surface area contributed by atoms with Gasteiger partial charge in [0.15, 0.2) is 12.6 Å². The normalized spacial score (nSPS) is 39.3. The van der Waals surface area contributed by atoms with Crippen LogP contribution in [0.3, 0.4) is 0 Å². The molecule has 4 aliphatic heterocycles. The highest BCUT2D eigenvalue weighted by atomic mass is 16.8. The fourth-order valence-electron chi connectivity index (χ4n) is 9.11. The van der Waals surface area contributed by atoms with E-state index in [0.717, 1.165) is 26.7 Å². The molecule has 9 N–H and O–H groups in total. The first-order valence-electron chi connectivity index (χ1n) is 22.0. The Hall–Kier alpha value is -4.08. The van der Waals surface area contributed by atoms with Crippen LogP contribution < -0.4 is 0 Å². The van der Waals surface area contributed by atoms with E-state index >= 15 is 0 Å². The van der Waals surface area contributed by atoms with E-state index < -0.39 is 148 Å². The molecule has 0 aromatic heterocycles. The molecular formula is C44H64O23. The first-order chi connectivity index (χ1) is 31.8. The molecule has 1 saturated carbocycles. The molecule has 378 valence electrons. The number of allylic oxidation sites excluding steroid dienone is 2. The van der Waals surface area contributed by atoms with Gasteiger partial charge in [-0.3, -0.25) is 9.59 Å². The Morgan fingerprint density at radius 3 is 1.52 bits per heavy atom. The summed E-state index contributed by atoms with van der Waals surface area (Å²) in [5.74, 6) is -6.67. The number of carbonyl (C=O) groups is 4. The van der Waals surface area contributed by atoms with Gasteiger partial charge in [0.25, 0.3) is 0 Å². The lowest BCUT2D eigenvalue weighted by atomic mass is 9.83. The summed E-state index contributed by atoms with van der Waals surface area (Å²) in [6.45, 7) is 5.05. The molecule has 0 bridgehead atoms. The van der Waals surface area contributed by atoms with Gasteiger partial charge >= 0.3 is 23.9 Å². The SMILES string of the molecule is CC=C1[C@H](O[C@@H]2O[C@H](CO)[C@@H](O)[C@H](O)[C@H]2O)OC=C(C(=O)OC)[C@H]1CC(=O)OC[C@@H]1[C@@H](C)[C@@H](O)C[C@H]1[C@@H](C)COC(=O)C[C@@H]1C(C(=O)OC)=CO[C@@H](O[C@@H]2O[C@H](CO)[C@@H](O)[C@H](O)[C@H]2O)C1=CC. The van der Waals surface area contributed by atoms with Crippen LogP contribution in [0.4, 0.5) is 0 Å². The Morgan fingerprint density at radius 2 is 1.12 bits per heavy atom. The minimum Gasteiger partial charge on any atom is -0.468 e. The second-order valence-electron chi connectivity index (χ2n) is 17.2. The molecule has 0 radical (unpaired) electrons. The van der Waals surface area contributed by atoms with Crippen LogP contribution in [0.15, 0.2) is 47.0 Å². The zero-order chi connectivity index (χ0) is 49.4. The number of rotatable bonds is 17. The fraction of sp³-hybridized carbons (Fsp3) is 0.727. The van der Waals surface area contributed by atoms with Gasteiger partial charge < -0.3 is 93.3 Å². The van der Waals surface area contributed by atoms with Crippen LogP contribution in [0, 0.1) is 35.5 Å². The van der Waals surface area contributed by atoms with Gasteiger partial charge in [-0.15, -0.1) is 0 Å². The summed E-state index contributed by atoms with van der Waals surface area (Å²) in [7, 11) is 2.28. The number of hydrogen-bond acceptors (Lipinski definition) is 23. The Morgan fingerprint density at radius 1 is 0.687 bits per heavy atom. The highest BCUT2D eigenvalue weighted by molar-refractivity contribution is 5.91. The number of carbonyl (C=O) groups excluding carboxylic acids is 4. The summed E-state index contributed by atoms with van der Waals surface area (Å²) < 4.78 is 55.2. The lowest BCUT2D eigenvalue weighted by molar-refractivity contribution is -0.327. The third kappa shape index (κ3) is 12.0. The van der Waals surface area contributed by atoms with Crippen LogP contribution in [0.25, 0.3) is 0 Å². The van der Waals surface area contributed by atoms with Gasteiger partial charge in [0, 0.05) is 28.9 Å². The first-order valence-corrected chi connectivity index (χ1v) is 22.0. The van der Waals surface area contributed by atoms with Crippen LogP contribution in [0.5, 0.6) is 0 Å². The minimum atomic E-state index is -1.77. The third-order valence-corrected chi connectivity index (χ3v) is 13.2. The summed E-state index contributed by atoms with van der Waals surface area (Å²) in [4.78, 5) is 52.9. The predicted octanol–water partition coefficient (Wildman–Crippen LogP) is -2.29. The fourth-order valence-corrected chi connectivity index (χ4v) is 9.11. The standard InChI is InChI=1S/C44H64O23/c1-7-20-23(26(39(56)58-5)16-62-41(20)66-43-37(54)35(52)33(50)29(12-45)64-43)10-31(48)60-14-18(3)22-9-28(47)19(4)25(22)15-61-32(49)11-24-21(8-2)42(63-17-27(24)40(57)59-6)67-44-38(55)36(53)34(51)30(13-46)65-44/h7-8,16-19,22-25,28-30,33-38,41-47,50-55H,9-15H2,1-6H3/t18-,19+,22-,23-,24-,25+,28-,29+,30+,33+,34+,35-,36-,37+,38+,41-,42-,43-,44-/m0/s1. The van der Waals surface area contributed by atoms with Crippen LogP contribution in [-0.2, 0) is 66.5 Å². The molecule has 3 fully saturated rings. The number of methoxy groups -OCH3 is 2. The smallest absolute Gasteiger partial charge is 0.337 e. The van der Waals surface area contributed by atoms with E-state index in [1.54, 1.807) is 27.7 Å². The summed E-state index contributed by atoms with van der Waals surface area (Å²) in [6, 6.07) is 0. The van der Waals surface area contributed by atoms with E-state index in [2.05, 4.69) is 0 Å². The summed E-state index contributed by atoms with van der Waals surface area (Å²) in [6.07, 6.45) is -15.1. The lowest BCUT2D eigenvalue weighted by Gasteiger charge is -2.42. The molecule has 23 heteroatoms. The van der Waals surface area contributed by atoms with Gasteiger partial charge in [-0.1, -0.05) is 26.0 Å². The van der Waals surface area contributed by atoms with Gasteiger partial charge in [-0.05, 0) is 38.0 Å². The number of hydrogen-bond donors (Lipinski definition) is 9. The van der Waals surface area contributed by atoms with Crippen molar-refractivity contribution < 1.29 is 113 Å². The summed E-state index contributed by atoms with van der Waals surface area (Å²) in [5.41, 5.74) is 0.334. The van der Waals surface area contributed by atoms with Crippen molar-refractivity contribution in [3.05, 3.63) is 47.0 Å². The van der Waals surface area contributed by atoms with E-state index in [0.29, 0.717) is 0 Å². The van der Waals surface area contributed by atoms with Crippen molar-refractivity contribution >= 4 is 23.9 Å². The van der Waals surface area contributed by atoms with E-state index in [1.165, 1.54) is 12.2 Å². The number of esters is 4. The van der Waals surface area contributed by atoms with Crippen molar-refractivity contribution in [2.24, 2.45) is 35.5 Å². The second kappa shape index (κ2) is 24.0. The van der Waals surface area contributed by atoms with Crippen molar-refractivity contribution in [1.29, 1.82) is 0 Å². The molecule has 0 spiro atoms. The zero-order valence-corrected chi connectivity index (χ0v) is 38.0. The molecule has 2 saturated heterocycles. The molecule has 5 rings (SSSR count). The number of aliphatic hydroxyl groups excluding tert-OH is 9. The topological polar surface area (TPSA) is 343 Å². The number of aliphatic hydroxyl groups is 9. The van der Waals surface area contributed by atoms with E-state index in [9.17, 15) is 65.1 Å². The van der Waals surface area contributed by atoms with Crippen molar-refractivity contribution in [2.75, 3.05) is 40.6 Å². The van der Waals surface area contributed by atoms with Gasteiger partial charge in [-0.2, -0.15) is 0 Å². The molecular weight excluding hydrogens is 896 g/mol. The molecule has 23 nitrogen and oxygen atoms in total. The van der Waals surface area contributed by atoms with Crippen LogP contribution in [0.1, 0.15) is 47.0 Å². The van der Waals surface area contributed by atoms with Gasteiger partial charge in [0.2, 0.25) is 12.6 Å². The first kappa shape index (κ1) is 53.9. The molecule has 19 atom stereocenters. The highest BCUT2D eigenvalue weighted by Gasteiger charge is 2.49. The predicted molar refractivity (Wildman–Crippen MR) is 221 cm³/mol. The van der Waals surface area contributed by atoms with E-state index in [1.807, 2.05) is 0 Å². The Labute approximate surface area is 386 Å². The maximum Gasteiger partial charge on any atom is 0.337 e. The van der Waals surface area contributed by atoms with Crippen molar-refractivity contribution in [3.63, 3.8) is 0 Å². The second-order valence-corrected chi connectivity index (χ2v) is 17.2. The molecule has 5 aliphatic rings. The lowest BCUT2D eigenvalue weighted by Crippen LogP contribution is -2.60. The largest absolute Gasteiger partial charge is 0.468 e. The van der Waals surface area contributed by atoms with E-state index in [4.69, 9.17) is 47.4 Å².